The summed E-state index contributed by atoms with van der Waals surface area (Å²) in [5.41, 5.74) is 2.40. The zero-order valence-corrected chi connectivity index (χ0v) is 15.6. The highest BCUT2D eigenvalue weighted by molar-refractivity contribution is 8.00. The lowest BCUT2D eigenvalue weighted by Crippen LogP contribution is -2.18. The number of imidazole rings is 1. The van der Waals surface area contributed by atoms with Crippen molar-refractivity contribution in [1.29, 1.82) is 0 Å². The van der Waals surface area contributed by atoms with E-state index in [9.17, 15) is 13.9 Å². The second-order valence-electron chi connectivity index (χ2n) is 6.72. The molecular formula is C19H15ClF2N2O2S. The van der Waals surface area contributed by atoms with E-state index in [0.717, 1.165) is 27.3 Å². The van der Waals surface area contributed by atoms with Crippen LogP contribution in [0.1, 0.15) is 29.8 Å². The van der Waals surface area contributed by atoms with E-state index in [2.05, 4.69) is 4.57 Å². The number of hydrogen-bond acceptors (Lipinski definition) is 4. The minimum Gasteiger partial charge on any atom is -0.434 e. The molecule has 0 saturated carbocycles. The van der Waals surface area contributed by atoms with Gasteiger partial charge in [0.1, 0.15) is 11.6 Å². The zero-order chi connectivity index (χ0) is 18.7. The Bertz CT molecular complexity index is 1040. The maximum Gasteiger partial charge on any atom is 0.387 e. The zero-order valence-electron chi connectivity index (χ0n) is 14.0. The minimum atomic E-state index is -2.90. The summed E-state index contributed by atoms with van der Waals surface area (Å²) < 4.78 is 32.9. The van der Waals surface area contributed by atoms with E-state index in [1.807, 2.05) is 18.2 Å². The molecule has 2 aromatic carbocycles. The average Bonchev–Trinajstić information content (AvgIpc) is 3.10. The van der Waals surface area contributed by atoms with Gasteiger partial charge in [-0.1, -0.05) is 17.7 Å². The van der Waals surface area contributed by atoms with Crippen LogP contribution in [0.15, 0.2) is 41.3 Å². The standard InChI is InChI=1S/C19H15ClF2N2O2S/c20-9-4-5-11-12(6-9)24-13-7-10(18(24)23-11)16(8-25)27-15-3-1-2-14(17(13)15)26-19(21)22/h1-6,10,13,16,19,25H,7-8H2/t10-,13-,16+/m1/s1. The minimum absolute atomic E-state index is 0.0166. The average molecular weight is 409 g/mol. The number of ether oxygens (including phenoxy) is 1. The smallest absolute Gasteiger partial charge is 0.387 e. The van der Waals surface area contributed by atoms with Crippen molar-refractivity contribution >= 4 is 34.4 Å². The second kappa shape index (κ2) is 6.36. The third-order valence-electron chi connectivity index (χ3n) is 5.28. The Kier molecular flexibility index (Phi) is 4.07. The summed E-state index contributed by atoms with van der Waals surface area (Å²) in [4.78, 5) is 5.63. The number of benzene rings is 2. The van der Waals surface area contributed by atoms with Gasteiger partial charge in [-0.15, -0.1) is 11.8 Å². The fourth-order valence-electron chi connectivity index (χ4n) is 4.25. The Hall–Kier alpha value is -1.83. The molecule has 27 heavy (non-hydrogen) atoms. The third kappa shape index (κ3) is 2.63. The van der Waals surface area contributed by atoms with Gasteiger partial charge >= 0.3 is 6.61 Å². The monoisotopic (exact) mass is 408 g/mol. The number of hydrogen-bond donors (Lipinski definition) is 1. The number of alkyl halides is 2. The molecule has 0 aliphatic carbocycles. The van der Waals surface area contributed by atoms with Crippen molar-refractivity contribution in [3.05, 3.63) is 52.8 Å². The highest BCUT2D eigenvalue weighted by Gasteiger charge is 2.44. The highest BCUT2D eigenvalue weighted by Crippen LogP contribution is 2.55. The molecule has 0 fully saturated rings. The fourth-order valence-corrected chi connectivity index (χ4v) is 5.74. The lowest BCUT2D eigenvalue weighted by molar-refractivity contribution is -0.0508. The number of thioether (sulfide) groups is 1. The molecule has 2 aliphatic heterocycles. The molecule has 2 aliphatic rings. The summed E-state index contributed by atoms with van der Waals surface area (Å²) in [7, 11) is 0. The number of halogens is 3. The van der Waals surface area contributed by atoms with Crippen molar-refractivity contribution in [2.45, 2.75) is 35.1 Å². The lowest BCUT2D eigenvalue weighted by atomic mass is 9.96. The topological polar surface area (TPSA) is 47.3 Å². The van der Waals surface area contributed by atoms with Crippen LogP contribution in [0.3, 0.4) is 0 Å². The first-order valence-electron chi connectivity index (χ1n) is 8.59. The predicted molar refractivity (Wildman–Crippen MR) is 100 cm³/mol. The number of aliphatic hydroxyl groups is 1. The quantitative estimate of drug-likeness (QED) is 0.674. The van der Waals surface area contributed by atoms with Crippen LogP contribution < -0.4 is 4.74 Å². The van der Waals surface area contributed by atoms with E-state index < -0.39 is 6.61 Å². The molecule has 0 spiro atoms. The Balaban J connectivity index is 1.78. The van der Waals surface area contributed by atoms with Crippen molar-refractivity contribution < 1.29 is 18.6 Å². The van der Waals surface area contributed by atoms with Gasteiger partial charge in [0.15, 0.2) is 0 Å². The van der Waals surface area contributed by atoms with Crippen LogP contribution in [0.2, 0.25) is 5.02 Å². The highest BCUT2D eigenvalue weighted by atomic mass is 35.5. The number of fused-ring (bicyclic) bond motifs is 9. The van der Waals surface area contributed by atoms with Crippen molar-refractivity contribution in [2.24, 2.45) is 0 Å². The summed E-state index contributed by atoms with van der Waals surface area (Å²) in [6.45, 7) is -2.92. The van der Waals surface area contributed by atoms with E-state index in [-0.39, 0.29) is 29.6 Å². The van der Waals surface area contributed by atoms with Crippen molar-refractivity contribution in [1.82, 2.24) is 9.55 Å². The van der Waals surface area contributed by atoms with Crippen LogP contribution in [0.5, 0.6) is 5.75 Å². The van der Waals surface area contributed by atoms with Gasteiger partial charge in [0.2, 0.25) is 0 Å². The molecule has 3 atom stereocenters. The van der Waals surface area contributed by atoms with Crippen molar-refractivity contribution in [3.8, 4) is 5.75 Å². The fraction of sp³-hybridized carbons (Fsp3) is 0.316. The van der Waals surface area contributed by atoms with Gasteiger partial charge in [-0.3, -0.25) is 0 Å². The van der Waals surface area contributed by atoms with E-state index in [0.29, 0.717) is 11.4 Å². The maximum atomic E-state index is 13.0. The maximum absolute atomic E-state index is 13.0. The molecule has 140 valence electrons. The molecule has 8 heteroatoms. The first kappa shape index (κ1) is 17.3. The second-order valence-corrected chi connectivity index (χ2v) is 8.43. The number of aliphatic hydroxyl groups excluding tert-OH is 1. The summed E-state index contributed by atoms with van der Waals surface area (Å²) in [5.74, 6) is 1.05. The molecule has 5 rings (SSSR count). The normalized spacial score (nSPS) is 23.4. The Morgan fingerprint density at radius 3 is 2.96 bits per heavy atom. The summed E-state index contributed by atoms with van der Waals surface area (Å²) in [6.07, 6.45) is 0.680. The van der Waals surface area contributed by atoms with Crippen LogP contribution in [-0.4, -0.2) is 33.1 Å². The summed E-state index contributed by atoms with van der Waals surface area (Å²) in [5, 5.41) is 10.5. The Labute approximate surface area is 163 Å². The van der Waals surface area contributed by atoms with Gasteiger partial charge in [-0.25, -0.2) is 4.98 Å². The van der Waals surface area contributed by atoms with Gasteiger partial charge in [-0.2, -0.15) is 8.78 Å². The molecule has 0 saturated heterocycles. The Morgan fingerprint density at radius 2 is 2.19 bits per heavy atom. The molecule has 1 aromatic heterocycles. The van der Waals surface area contributed by atoms with Gasteiger partial charge < -0.3 is 14.4 Å². The van der Waals surface area contributed by atoms with Gasteiger partial charge in [0.25, 0.3) is 0 Å². The molecule has 0 amide bonds. The largest absolute Gasteiger partial charge is 0.434 e. The molecule has 2 bridgehead atoms. The molecular weight excluding hydrogens is 394 g/mol. The summed E-state index contributed by atoms with van der Waals surface area (Å²) >= 11 is 7.70. The third-order valence-corrected chi connectivity index (χ3v) is 6.91. The molecule has 0 radical (unpaired) electrons. The first-order chi connectivity index (χ1) is 13.1. The van der Waals surface area contributed by atoms with Gasteiger partial charge in [-0.05, 0) is 36.8 Å². The van der Waals surface area contributed by atoms with E-state index in [1.165, 1.54) is 11.8 Å². The van der Waals surface area contributed by atoms with Crippen LogP contribution in [0.25, 0.3) is 11.0 Å². The van der Waals surface area contributed by atoms with E-state index >= 15 is 0 Å². The predicted octanol–water partition coefficient (Wildman–Crippen LogP) is 4.83. The lowest BCUT2D eigenvalue weighted by Gasteiger charge is -2.23. The number of nitrogens with zero attached hydrogens (tertiary/aromatic N) is 2. The number of aromatic nitrogens is 2. The van der Waals surface area contributed by atoms with Gasteiger partial charge in [0.05, 0.1) is 23.7 Å². The van der Waals surface area contributed by atoms with Crippen LogP contribution in [-0.2, 0) is 0 Å². The van der Waals surface area contributed by atoms with Crippen LogP contribution in [0.4, 0.5) is 8.78 Å². The summed E-state index contributed by atoms with van der Waals surface area (Å²) in [6, 6.07) is 10.5. The first-order valence-corrected chi connectivity index (χ1v) is 9.85. The number of rotatable bonds is 3. The molecule has 0 unspecified atom stereocenters. The molecule has 4 nitrogen and oxygen atoms in total. The van der Waals surface area contributed by atoms with Crippen molar-refractivity contribution in [3.63, 3.8) is 0 Å². The molecule has 3 aromatic rings. The van der Waals surface area contributed by atoms with Crippen LogP contribution in [0, 0.1) is 0 Å². The van der Waals surface area contributed by atoms with Crippen molar-refractivity contribution in [2.75, 3.05) is 6.61 Å². The Morgan fingerprint density at radius 1 is 1.33 bits per heavy atom. The van der Waals surface area contributed by atoms with E-state index in [4.69, 9.17) is 21.3 Å². The molecule has 3 heterocycles. The SMILES string of the molecule is OC[C@@H]1Sc2cccc(OC(F)F)c2[C@H]2C[C@H]1c1nc3ccc(Cl)cc3n12. The molecule has 1 N–H and O–H groups in total. The van der Waals surface area contributed by atoms with E-state index in [1.54, 1.807) is 18.2 Å². The van der Waals surface area contributed by atoms with Gasteiger partial charge in [0, 0.05) is 26.6 Å². The van der Waals surface area contributed by atoms with Crippen LogP contribution >= 0.6 is 23.4 Å².